The van der Waals surface area contributed by atoms with Gasteiger partial charge in [-0.3, -0.25) is 4.79 Å². The summed E-state index contributed by atoms with van der Waals surface area (Å²) < 4.78 is 5.12. The lowest BCUT2D eigenvalue weighted by Gasteiger charge is -2.11. The molecule has 17 heavy (non-hydrogen) atoms. The van der Waals surface area contributed by atoms with Crippen molar-refractivity contribution in [2.75, 3.05) is 7.11 Å². The Balaban J connectivity index is 2.66. The predicted octanol–water partition coefficient (Wildman–Crippen LogP) is 1.37. The summed E-state index contributed by atoms with van der Waals surface area (Å²) in [6.07, 6.45) is -1.30. The van der Waals surface area contributed by atoms with Gasteiger partial charge in [0.15, 0.2) is 6.10 Å². The summed E-state index contributed by atoms with van der Waals surface area (Å²) in [6, 6.07) is 10.8. The first-order chi connectivity index (χ1) is 8.13. The first-order valence-corrected chi connectivity index (χ1v) is 5.17. The Hall–Kier alpha value is -2.07. The van der Waals surface area contributed by atoms with Crippen LogP contribution in [-0.2, 0) is 4.79 Å². The zero-order valence-corrected chi connectivity index (χ0v) is 9.38. The summed E-state index contributed by atoms with van der Waals surface area (Å²) in [4.78, 5) is 11.0. The molecule has 2 rings (SSSR count). The molecule has 0 aromatic heterocycles. The van der Waals surface area contributed by atoms with Gasteiger partial charge in [0.05, 0.1) is 7.11 Å². The molecule has 0 bridgehead atoms. The van der Waals surface area contributed by atoms with Crippen molar-refractivity contribution in [2.45, 2.75) is 6.10 Å². The molecule has 0 radical (unpaired) electrons. The summed E-state index contributed by atoms with van der Waals surface area (Å²) in [5.41, 5.74) is 5.60. The van der Waals surface area contributed by atoms with Crippen LogP contribution in [0.25, 0.3) is 10.8 Å². The highest BCUT2D eigenvalue weighted by molar-refractivity contribution is 5.92. The van der Waals surface area contributed by atoms with Crippen molar-refractivity contribution in [3.63, 3.8) is 0 Å². The number of carbonyl (C=O) groups excluding carboxylic acids is 1. The Morgan fingerprint density at radius 3 is 2.76 bits per heavy atom. The standard InChI is InChI=1S/C13H13NO3/c1-17-9-6-5-8-3-2-4-10(11(8)7-9)12(15)13(14)16/h2-7,12,15H,1H3,(H2,14,16). The van der Waals surface area contributed by atoms with Crippen molar-refractivity contribution in [2.24, 2.45) is 5.73 Å². The molecule has 0 heterocycles. The van der Waals surface area contributed by atoms with Crippen LogP contribution in [0.5, 0.6) is 5.75 Å². The van der Waals surface area contributed by atoms with Crippen molar-refractivity contribution in [1.82, 2.24) is 0 Å². The molecule has 0 saturated carbocycles. The Bertz CT molecular complexity index is 566. The lowest BCUT2D eigenvalue weighted by Crippen LogP contribution is -2.21. The second-order valence-electron chi connectivity index (χ2n) is 3.74. The van der Waals surface area contributed by atoms with Gasteiger partial charge in [0.2, 0.25) is 0 Å². The van der Waals surface area contributed by atoms with Gasteiger partial charge in [0.1, 0.15) is 5.75 Å². The SMILES string of the molecule is COc1ccc2cccc(C(O)C(N)=O)c2c1. The number of rotatable bonds is 3. The molecule has 0 aliphatic carbocycles. The van der Waals surface area contributed by atoms with Crippen LogP contribution >= 0.6 is 0 Å². The number of methoxy groups -OCH3 is 1. The summed E-state index contributed by atoms with van der Waals surface area (Å²) in [5, 5.41) is 11.4. The first-order valence-electron chi connectivity index (χ1n) is 5.17. The highest BCUT2D eigenvalue weighted by Gasteiger charge is 2.16. The van der Waals surface area contributed by atoms with Crippen molar-refractivity contribution >= 4 is 16.7 Å². The van der Waals surface area contributed by atoms with Gasteiger partial charge in [0, 0.05) is 0 Å². The molecule has 88 valence electrons. The molecule has 1 amide bonds. The van der Waals surface area contributed by atoms with Crippen LogP contribution in [0.4, 0.5) is 0 Å². The summed E-state index contributed by atoms with van der Waals surface area (Å²) in [7, 11) is 1.56. The van der Waals surface area contributed by atoms with Crippen molar-refractivity contribution in [3.8, 4) is 5.75 Å². The monoisotopic (exact) mass is 231 g/mol. The highest BCUT2D eigenvalue weighted by atomic mass is 16.5. The molecule has 0 aliphatic rings. The normalized spacial score (nSPS) is 12.4. The summed E-state index contributed by atoms with van der Waals surface area (Å²) >= 11 is 0. The van der Waals surface area contributed by atoms with E-state index in [1.165, 1.54) is 0 Å². The van der Waals surface area contributed by atoms with Gasteiger partial charge < -0.3 is 15.6 Å². The molecule has 0 spiro atoms. The minimum Gasteiger partial charge on any atom is -0.497 e. The molecule has 0 aliphatic heterocycles. The van der Waals surface area contributed by atoms with Crippen molar-refractivity contribution in [1.29, 1.82) is 0 Å². The van der Waals surface area contributed by atoms with Crippen LogP contribution in [0.15, 0.2) is 36.4 Å². The van der Waals surface area contributed by atoms with Gasteiger partial charge in [-0.1, -0.05) is 24.3 Å². The molecule has 1 unspecified atom stereocenters. The van der Waals surface area contributed by atoms with Crippen LogP contribution in [0.3, 0.4) is 0 Å². The average Bonchev–Trinajstić information content (AvgIpc) is 2.36. The van der Waals surface area contributed by atoms with Gasteiger partial charge in [-0.15, -0.1) is 0 Å². The van der Waals surface area contributed by atoms with E-state index in [4.69, 9.17) is 10.5 Å². The number of carbonyl (C=O) groups is 1. The molecule has 4 heteroatoms. The Kier molecular flexibility index (Phi) is 2.97. The average molecular weight is 231 g/mol. The quantitative estimate of drug-likeness (QED) is 0.837. The molecule has 3 N–H and O–H groups in total. The molecular formula is C13H13NO3. The number of hydrogen-bond donors (Lipinski definition) is 2. The molecule has 0 fully saturated rings. The van der Waals surface area contributed by atoms with E-state index in [-0.39, 0.29) is 0 Å². The molecule has 1 atom stereocenters. The van der Waals surface area contributed by atoms with E-state index in [9.17, 15) is 9.90 Å². The maximum Gasteiger partial charge on any atom is 0.250 e. The van der Waals surface area contributed by atoms with E-state index in [0.717, 1.165) is 10.8 Å². The molecule has 0 saturated heterocycles. The maximum absolute atomic E-state index is 11.0. The third kappa shape index (κ3) is 2.07. The smallest absolute Gasteiger partial charge is 0.250 e. The van der Waals surface area contributed by atoms with Crippen molar-refractivity contribution < 1.29 is 14.6 Å². The van der Waals surface area contributed by atoms with Crippen LogP contribution < -0.4 is 10.5 Å². The first kappa shape index (κ1) is 11.4. The number of hydrogen-bond acceptors (Lipinski definition) is 3. The summed E-state index contributed by atoms with van der Waals surface area (Å²) in [6.45, 7) is 0. The zero-order valence-electron chi connectivity index (χ0n) is 9.38. The molecule has 2 aromatic rings. The minimum absolute atomic E-state index is 0.494. The predicted molar refractivity (Wildman–Crippen MR) is 64.7 cm³/mol. The van der Waals surface area contributed by atoms with Gasteiger partial charge in [-0.2, -0.15) is 0 Å². The second kappa shape index (κ2) is 4.43. The lowest BCUT2D eigenvalue weighted by atomic mass is 10.00. The van der Waals surface area contributed by atoms with Crippen LogP contribution in [0, 0.1) is 0 Å². The number of primary amides is 1. The fourth-order valence-corrected chi connectivity index (χ4v) is 1.79. The van der Waals surface area contributed by atoms with E-state index in [2.05, 4.69) is 0 Å². The fourth-order valence-electron chi connectivity index (χ4n) is 1.79. The van der Waals surface area contributed by atoms with E-state index in [0.29, 0.717) is 11.3 Å². The van der Waals surface area contributed by atoms with Gasteiger partial charge >= 0.3 is 0 Å². The maximum atomic E-state index is 11.0. The second-order valence-corrected chi connectivity index (χ2v) is 3.74. The van der Waals surface area contributed by atoms with Gasteiger partial charge in [-0.25, -0.2) is 0 Å². The van der Waals surface area contributed by atoms with Crippen molar-refractivity contribution in [3.05, 3.63) is 42.0 Å². The van der Waals surface area contributed by atoms with Gasteiger partial charge in [0.25, 0.3) is 5.91 Å². The van der Waals surface area contributed by atoms with Gasteiger partial charge in [-0.05, 0) is 28.5 Å². The summed E-state index contributed by atoms with van der Waals surface area (Å²) in [5.74, 6) is -0.0954. The largest absolute Gasteiger partial charge is 0.497 e. The number of fused-ring (bicyclic) bond motifs is 1. The molecule has 2 aromatic carbocycles. The lowest BCUT2D eigenvalue weighted by molar-refractivity contribution is -0.126. The number of benzene rings is 2. The zero-order chi connectivity index (χ0) is 12.4. The number of nitrogens with two attached hydrogens (primary N) is 1. The van der Waals surface area contributed by atoms with Crippen LogP contribution in [0.1, 0.15) is 11.7 Å². The minimum atomic E-state index is -1.30. The third-order valence-electron chi connectivity index (χ3n) is 2.69. The highest BCUT2D eigenvalue weighted by Crippen LogP contribution is 2.27. The number of aliphatic hydroxyl groups is 1. The van der Waals surface area contributed by atoms with E-state index < -0.39 is 12.0 Å². The van der Waals surface area contributed by atoms with Crippen LogP contribution in [0.2, 0.25) is 0 Å². The van der Waals surface area contributed by atoms with Crippen LogP contribution in [-0.4, -0.2) is 18.1 Å². The Morgan fingerprint density at radius 2 is 2.12 bits per heavy atom. The van der Waals surface area contributed by atoms with E-state index in [1.54, 1.807) is 25.3 Å². The Morgan fingerprint density at radius 1 is 1.35 bits per heavy atom. The number of aliphatic hydroxyl groups excluding tert-OH is 1. The third-order valence-corrected chi connectivity index (χ3v) is 2.69. The van der Waals surface area contributed by atoms with E-state index >= 15 is 0 Å². The topological polar surface area (TPSA) is 72.6 Å². The Labute approximate surface area is 98.6 Å². The number of amides is 1. The molecule has 4 nitrogen and oxygen atoms in total. The fraction of sp³-hybridized carbons (Fsp3) is 0.154. The van der Waals surface area contributed by atoms with E-state index in [1.807, 2.05) is 18.2 Å². The number of ether oxygens (including phenoxy) is 1. The molecular weight excluding hydrogens is 218 g/mol.